The Morgan fingerprint density at radius 1 is 1.17 bits per heavy atom. The van der Waals surface area contributed by atoms with Gasteiger partial charge in [-0.25, -0.2) is 18.4 Å². The van der Waals surface area contributed by atoms with Crippen LogP contribution in [0, 0.1) is 5.92 Å². The van der Waals surface area contributed by atoms with Crippen molar-refractivity contribution >= 4 is 16.1 Å². The number of sulfonamides is 1. The summed E-state index contributed by atoms with van der Waals surface area (Å²) in [6, 6.07) is 9.42. The summed E-state index contributed by atoms with van der Waals surface area (Å²) in [6.45, 7) is 4.86. The molecule has 0 bridgehead atoms. The van der Waals surface area contributed by atoms with Crippen molar-refractivity contribution in [3.8, 4) is 0 Å². The predicted octanol–water partition coefficient (Wildman–Crippen LogP) is 0.816. The molecule has 0 aliphatic heterocycles. The lowest BCUT2D eigenvalue weighted by molar-refractivity contribution is 0.0924. The highest BCUT2D eigenvalue weighted by atomic mass is 32.2. The molecule has 1 aromatic rings. The Labute approximate surface area is 137 Å². The maximum absolute atomic E-state index is 11.6. The monoisotopic (exact) mass is 343 g/mol. The van der Waals surface area contributed by atoms with Gasteiger partial charge >= 0.3 is 6.03 Å². The van der Waals surface area contributed by atoms with Crippen LogP contribution in [0.3, 0.4) is 0 Å². The Balaban J connectivity index is 2.15. The maximum Gasteiger partial charge on any atom is 0.314 e. The molecule has 23 heavy (non-hydrogen) atoms. The third-order valence-electron chi connectivity index (χ3n) is 3.24. The number of hydrogen-bond acceptors (Lipinski definition) is 4. The van der Waals surface area contributed by atoms with Gasteiger partial charge in [0.2, 0.25) is 10.0 Å². The van der Waals surface area contributed by atoms with Crippen LogP contribution in [0.2, 0.25) is 0 Å². The maximum atomic E-state index is 11.6. The number of amides is 2. The molecular weight excluding hydrogens is 318 g/mol. The first-order chi connectivity index (χ1) is 10.8. The van der Waals surface area contributed by atoms with Gasteiger partial charge in [-0.1, -0.05) is 37.3 Å². The molecule has 8 heteroatoms. The molecule has 0 radical (unpaired) electrons. The minimum absolute atomic E-state index is 0.0243. The fraction of sp³-hybridized carbons (Fsp3) is 0.533. The van der Waals surface area contributed by atoms with E-state index in [-0.39, 0.29) is 12.5 Å². The second kappa shape index (κ2) is 9.49. The lowest BCUT2D eigenvalue weighted by atomic mass is 10.2. The third-order valence-corrected chi connectivity index (χ3v) is 4.52. The van der Waals surface area contributed by atoms with E-state index in [1.54, 1.807) is 0 Å². The molecule has 0 aromatic heterocycles. The number of benzene rings is 1. The Morgan fingerprint density at radius 3 is 2.39 bits per heavy atom. The van der Waals surface area contributed by atoms with Crippen molar-refractivity contribution in [1.29, 1.82) is 0 Å². The van der Waals surface area contributed by atoms with Crippen LogP contribution in [0.4, 0.5) is 4.79 Å². The molecule has 0 aliphatic rings. The molecule has 2 atom stereocenters. The van der Waals surface area contributed by atoms with E-state index in [0.29, 0.717) is 19.8 Å². The minimum atomic E-state index is -3.63. The van der Waals surface area contributed by atoms with Gasteiger partial charge in [0.05, 0.1) is 18.5 Å². The second-order valence-corrected chi connectivity index (χ2v) is 7.58. The van der Waals surface area contributed by atoms with Gasteiger partial charge in [-0.3, -0.25) is 0 Å². The average Bonchev–Trinajstić information content (AvgIpc) is 2.50. The molecule has 0 heterocycles. The van der Waals surface area contributed by atoms with E-state index in [1.807, 2.05) is 37.3 Å². The van der Waals surface area contributed by atoms with Crippen molar-refractivity contribution in [2.45, 2.75) is 25.7 Å². The minimum Gasteiger partial charge on any atom is -0.376 e. The van der Waals surface area contributed by atoms with Crippen molar-refractivity contribution in [1.82, 2.24) is 10.6 Å². The van der Waals surface area contributed by atoms with Crippen LogP contribution in [-0.2, 0) is 21.4 Å². The Hall–Kier alpha value is -1.64. The van der Waals surface area contributed by atoms with Crippen LogP contribution >= 0.6 is 0 Å². The fourth-order valence-electron chi connectivity index (χ4n) is 1.69. The molecule has 130 valence electrons. The normalized spacial score (nSPS) is 14.0. The quantitative estimate of drug-likeness (QED) is 0.616. The summed E-state index contributed by atoms with van der Waals surface area (Å²) in [5, 5.41) is 9.30. The van der Waals surface area contributed by atoms with Gasteiger partial charge in [0, 0.05) is 13.1 Å². The molecule has 7 nitrogen and oxygen atoms in total. The van der Waals surface area contributed by atoms with Gasteiger partial charge in [-0.15, -0.1) is 0 Å². The highest BCUT2D eigenvalue weighted by Crippen LogP contribution is 2.02. The van der Waals surface area contributed by atoms with Crippen molar-refractivity contribution in [3.63, 3.8) is 0 Å². The molecule has 1 rings (SSSR count). The summed E-state index contributed by atoms with van der Waals surface area (Å²) in [6.07, 6.45) is 0. The van der Waals surface area contributed by atoms with E-state index in [2.05, 4.69) is 10.6 Å². The molecule has 2 amide bonds. The average molecular weight is 343 g/mol. The van der Waals surface area contributed by atoms with Crippen molar-refractivity contribution in [2.24, 2.45) is 11.1 Å². The lowest BCUT2D eigenvalue weighted by Crippen LogP contribution is -2.44. The highest BCUT2D eigenvalue weighted by molar-refractivity contribution is 7.89. The first-order valence-corrected chi connectivity index (χ1v) is 9.05. The molecule has 0 unspecified atom stereocenters. The third kappa shape index (κ3) is 8.53. The standard InChI is InChI=1S/C15H25N3O4S/c1-12(10-22-11-14-6-4-3-5-7-14)8-17-15(19)18-9-13(2)23(16,20)21/h3-7,12-13H,8-11H2,1-2H3,(H2,16,20,21)(H2,17,18,19)/t12-,13-/m1/s1. The van der Waals surface area contributed by atoms with Crippen LogP contribution in [0.1, 0.15) is 19.4 Å². The number of primary sulfonamides is 1. The number of urea groups is 1. The van der Waals surface area contributed by atoms with Gasteiger partial charge in [0.25, 0.3) is 0 Å². The van der Waals surface area contributed by atoms with Gasteiger partial charge in [-0.2, -0.15) is 0 Å². The summed E-state index contributed by atoms with van der Waals surface area (Å²) < 4.78 is 27.7. The number of hydrogen-bond donors (Lipinski definition) is 3. The first-order valence-electron chi connectivity index (χ1n) is 7.44. The molecular formula is C15H25N3O4S. The number of nitrogens with one attached hydrogen (secondary N) is 2. The number of carbonyl (C=O) groups is 1. The van der Waals surface area contributed by atoms with E-state index < -0.39 is 21.3 Å². The van der Waals surface area contributed by atoms with Crippen molar-refractivity contribution in [2.75, 3.05) is 19.7 Å². The largest absolute Gasteiger partial charge is 0.376 e. The zero-order chi connectivity index (χ0) is 17.3. The van der Waals surface area contributed by atoms with Gasteiger partial charge < -0.3 is 15.4 Å². The molecule has 1 aromatic carbocycles. The molecule has 0 fully saturated rings. The number of nitrogens with two attached hydrogens (primary N) is 1. The van der Waals surface area contributed by atoms with E-state index in [0.717, 1.165) is 5.56 Å². The summed E-state index contributed by atoms with van der Waals surface area (Å²) in [4.78, 5) is 11.6. The van der Waals surface area contributed by atoms with Gasteiger partial charge in [-0.05, 0) is 18.4 Å². The molecule has 0 aliphatic carbocycles. The zero-order valence-electron chi connectivity index (χ0n) is 13.5. The molecule has 0 saturated carbocycles. The zero-order valence-corrected chi connectivity index (χ0v) is 14.3. The summed E-state index contributed by atoms with van der Waals surface area (Å²) in [5.41, 5.74) is 1.10. The van der Waals surface area contributed by atoms with E-state index in [9.17, 15) is 13.2 Å². The van der Waals surface area contributed by atoms with Crippen LogP contribution < -0.4 is 15.8 Å². The summed E-state index contributed by atoms with van der Waals surface area (Å²) in [7, 11) is -3.63. The van der Waals surface area contributed by atoms with Crippen LogP contribution in [-0.4, -0.2) is 39.4 Å². The number of ether oxygens (including phenoxy) is 1. The first kappa shape index (κ1) is 19.4. The molecule has 4 N–H and O–H groups in total. The lowest BCUT2D eigenvalue weighted by Gasteiger charge is -2.15. The van der Waals surface area contributed by atoms with Crippen molar-refractivity contribution in [3.05, 3.63) is 35.9 Å². The predicted molar refractivity (Wildman–Crippen MR) is 89.2 cm³/mol. The Kier molecular flexibility index (Phi) is 8.01. The molecule has 0 spiro atoms. The summed E-state index contributed by atoms with van der Waals surface area (Å²) >= 11 is 0. The summed E-state index contributed by atoms with van der Waals surface area (Å²) in [5.74, 6) is 0.139. The number of carbonyl (C=O) groups excluding carboxylic acids is 1. The second-order valence-electron chi connectivity index (χ2n) is 5.60. The Morgan fingerprint density at radius 2 is 1.78 bits per heavy atom. The Bertz CT molecular complexity index is 578. The van der Waals surface area contributed by atoms with E-state index >= 15 is 0 Å². The smallest absolute Gasteiger partial charge is 0.314 e. The fourth-order valence-corrected chi connectivity index (χ4v) is 2.01. The topological polar surface area (TPSA) is 111 Å². The van der Waals surface area contributed by atoms with Crippen LogP contribution in [0.15, 0.2) is 30.3 Å². The van der Waals surface area contributed by atoms with Gasteiger partial charge in [0.15, 0.2) is 0 Å². The van der Waals surface area contributed by atoms with Crippen molar-refractivity contribution < 1.29 is 17.9 Å². The van der Waals surface area contributed by atoms with Crippen LogP contribution in [0.25, 0.3) is 0 Å². The molecule has 0 saturated heterocycles. The number of rotatable bonds is 9. The van der Waals surface area contributed by atoms with E-state index in [1.165, 1.54) is 6.92 Å². The van der Waals surface area contributed by atoms with Gasteiger partial charge in [0.1, 0.15) is 0 Å². The van der Waals surface area contributed by atoms with Crippen LogP contribution in [0.5, 0.6) is 0 Å². The van der Waals surface area contributed by atoms with E-state index in [4.69, 9.17) is 9.88 Å². The SMILES string of the molecule is C[C@H](CNC(=O)NC[C@@H](C)S(N)(=O)=O)COCc1ccccc1. The highest BCUT2D eigenvalue weighted by Gasteiger charge is 2.16.